The van der Waals surface area contributed by atoms with Crippen LogP contribution in [0.15, 0.2) is 21.9 Å². The molecule has 0 N–H and O–H groups in total. The van der Waals surface area contributed by atoms with Gasteiger partial charge in [0.05, 0.1) is 12.7 Å². The maximum absolute atomic E-state index is 11.9. The number of allylic oxidation sites excluding steroid dienone is 1. The van der Waals surface area contributed by atoms with Gasteiger partial charge in [0.25, 0.3) is 0 Å². The van der Waals surface area contributed by atoms with Crippen molar-refractivity contribution in [2.24, 2.45) is 17.8 Å². The fraction of sp³-hybridized carbons (Fsp3) is 0.767. The second kappa shape index (κ2) is 17.4. The molecule has 0 spiro atoms. The number of hydrogen-bond donors (Lipinski definition) is 0. The second-order valence-corrected chi connectivity index (χ2v) is 12.9. The van der Waals surface area contributed by atoms with Gasteiger partial charge in [-0.05, 0) is 63.7 Å². The summed E-state index contributed by atoms with van der Waals surface area (Å²) in [6, 6.07) is 0. The van der Waals surface area contributed by atoms with Crippen molar-refractivity contribution < 1.29 is 28.5 Å². The van der Waals surface area contributed by atoms with Gasteiger partial charge in [0.2, 0.25) is 0 Å². The second-order valence-electron chi connectivity index (χ2n) is 10.7. The average Bonchev–Trinajstić information content (AvgIpc) is 3.54. The molecule has 1 aliphatic carbocycles. The average molecular weight is 582 g/mol. The van der Waals surface area contributed by atoms with Crippen molar-refractivity contribution in [3.05, 3.63) is 23.2 Å². The van der Waals surface area contributed by atoms with Crippen LogP contribution < -0.4 is 0 Å². The van der Waals surface area contributed by atoms with Gasteiger partial charge in [-0.15, -0.1) is 11.3 Å². The standard InChI is InChI=1S/C30H47NO6S2/c1-5-7-10-21(3)19-24(37-28-11-8-9-17-35-28)14-12-23-13-15-27(36-22(4)32)25(23)16-18-38-30-31-26(20-39-30)29(33)34-6-2/h12,14,20-21,23-25,27-28H,5-11,13,15-19H2,1-4H3/b14-12+/t21-,23-,24+,25+,27-,28?/m0/s1. The van der Waals surface area contributed by atoms with Crippen molar-refractivity contribution in [2.75, 3.05) is 19.0 Å². The van der Waals surface area contributed by atoms with Gasteiger partial charge in [0.1, 0.15) is 6.10 Å². The number of thiazole rings is 1. The van der Waals surface area contributed by atoms with E-state index in [4.69, 9.17) is 18.9 Å². The minimum absolute atomic E-state index is 0.0272. The van der Waals surface area contributed by atoms with Gasteiger partial charge >= 0.3 is 11.9 Å². The Labute approximate surface area is 242 Å². The lowest BCUT2D eigenvalue weighted by Crippen LogP contribution is -2.28. The summed E-state index contributed by atoms with van der Waals surface area (Å²) in [5.41, 5.74) is 0.366. The Bertz CT molecular complexity index is 900. The molecule has 1 unspecified atom stereocenters. The van der Waals surface area contributed by atoms with Gasteiger partial charge in [-0.1, -0.05) is 57.0 Å². The predicted octanol–water partition coefficient (Wildman–Crippen LogP) is 7.44. The molecule has 1 saturated heterocycles. The van der Waals surface area contributed by atoms with Crippen LogP contribution in [0.3, 0.4) is 0 Å². The molecular formula is C30H47NO6S2. The molecule has 2 heterocycles. The highest BCUT2D eigenvalue weighted by Gasteiger charge is 2.36. The number of ether oxygens (including phenoxy) is 4. The highest BCUT2D eigenvalue weighted by Crippen LogP contribution is 2.39. The summed E-state index contributed by atoms with van der Waals surface area (Å²) in [5.74, 6) is 1.40. The molecule has 2 fully saturated rings. The van der Waals surface area contributed by atoms with Gasteiger partial charge in [-0.25, -0.2) is 9.78 Å². The number of thioether (sulfide) groups is 1. The third kappa shape index (κ3) is 11.2. The van der Waals surface area contributed by atoms with Crippen LogP contribution in [0.25, 0.3) is 0 Å². The Balaban J connectivity index is 1.63. The first-order valence-corrected chi connectivity index (χ1v) is 16.6. The van der Waals surface area contributed by atoms with Crippen LogP contribution >= 0.6 is 23.1 Å². The van der Waals surface area contributed by atoms with Crippen LogP contribution in [0.1, 0.15) is 102 Å². The van der Waals surface area contributed by atoms with Crippen molar-refractivity contribution in [1.82, 2.24) is 4.98 Å². The van der Waals surface area contributed by atoms with Gasteiger partial charge in [-0.2, -0.15) is 0 Å². The van der Waals surface area contributed by atoms with Crippen LogP contribution in [0.5, 0.6) is 0 Å². The zero-order valence-corrected chi connectivity index (χ0v) is 25.7. The minimum Gasteiger partial charge on any atom is -0.462 e. The number of aromatic nitrogens is 1. The molecule has 9 heteroatoms. The number of hydrogen-bond acceptors (Lipinski definition) is 9. The van der Waals surface area contributed by atoms with Gasteiger partial charge in [0.15, 0.2) is 16.3 Å². The fourth-order valence-electron chi connectivity index (χ4n) is 5.49. The van der Waals surface area contributed by atoms with Crippen molar-refractivity contribution in [3.63, 3.8) is 0 Å². The lowest BCUT2D eigenvalue weighted by molar-refractivity contribution is -0.181. The molecule has 39 heavy (non-hydrogen) atoms. The maximum Gasteiger partial charge on any atom is 0.357 e. The summed E-state index contributed by atoms with van der Waals surface area (Å²) in [6.45, 7) is 8.95. The highest BCUT2D eigenvalue weighted by atomic mass is 32.2. The monoisotopic (exact) mass is 581 g/mol. The van der Waals surface area contributed by atoms with Crippen molar-refractivity contribution in [2.45, 2.75) is 115 Å². The number of rotatable bonds is 16. The molecule has 0 bridgehead atoms. The zero-order valence-electron chi connectivity index (χ0n) is 24.1. The molecule has 0 amide bonds. The van der Waals surface area contributed by atoms with Gasteiger partial charge in [0, 0.05) is 30.6 Å². The van der Waals surface area contributed by atoms with E-state index in [1.807, 2.05) is 0 Å². The van der Waals surface area contributed by atoms with Crippen LogP contribution in [0.2, 0.25) is 0 Å². The SMILES string of the molecule is CCCC[C@H](C)C[C@@H](/C=C/[C@H]1CC[C@H](OC(C)=O)[C@@H]1CCSc1nc(C(=O)OCC)cs1)OC1CCCCO1. The third-order valence-corrected chi connectivity index (χ3v) is 9.55. The van der Waals surface area contributed by atoms with Crippen LogP contribution in [-0.4, -0.2) is 54.4 Å². The van der Waals surface area contributed by atoms with Crippen LogP contribution in [0.4, 0.5) is 0 Å². The summed E-state index contributed by atoms with van der Waals surface area (Å²) < 4.78 is 24.0. The van der Waals surface area contributed by atoms with Crippen LogP contribution in [-0.2, 0) is 23.7 Å². The first-order valence-electron chi connectivity index (χ1n) is 14.8. The van der Waals surface area contributed by atoms with Gasteiger partial charge in [-0.3, -0.25) is 4.79 Å². The molecule has 1 aromatic heterocycles. The molecule has 3 rings (SSSR count). The largest absolute Gasteiger partial charge is 0.462 e. The van der Waals surface area contributed by atoms with E-state index in [9.17, 15) is 9.59 Å². The molecule has 6 atom stereocenters. The molecule has 7 nitrogen and oxygen atoms in total. The summed E-state index contributed by atoms with van der Waals surface area (Å²) in [5, 5.41) is 1.75. The molecule has 0 aromatic carbocycles. The maximum atomic E-state index is 11.9. The minimum atomic E-state index is -0.379. The van der Waals surface area contributed by atoms with E-state index in [0.29, 0.717) is 24.1 Å². The molecule has 2 aliphatic rings. The van der Waals surface area contributed by atoms with E-state index >= 15 is 0 Å². The molecule has 0 radical (unpaired) electrons. The number of carbonyl (C=O) groups is 2. The van der Waals surface area contributed by atoms with E-state index in [2.05, 4.69) is 31.0 Å². The normalized spacial score (nSPS) is 25.0. The summed E-state index contributed by atoms with van der Waals surface area (Å²) >= 11 is 3.11. The highest BCUT2D eigenvalue weighted by molar-refractivity contribution is 8.01. The number of carbonyl (C=O) groups excluding carboxylic acids is 2. The zero-order chi connectivity index (χ0) is 28.0. The van der Waals surface area contributed by atoms with Crippen molar-refractivity contribution >= 4 is 35.0 Å². The predicted molar refractivity (Wildman–Crippen MR) is 156 cm³/mol. The molecule has 220 valence electrons. The van der Waals surface area contributed by atoms with E-state index in [1.54, 1.807) is 24.1 Å². The third-order valence-electron chi connectivity index (χ3n) is 7.50. The Morgan fingerprint density at radius 3 is 2.82 bits per heavy atom. The Morgan fingerprint density at radius 2 is 2.10 bits per heavy atom. The first-order chi connectivity index (χ1) is 18.9. The van der Waals surface area contributed by atoms with Crippen molar-refractivity contribution in [1.29, 1.82) is 0 Å². The Morgan fingerprint density at radius 1 is 1.26 bits per heavy atom. The van der Waals surface area contributed by atoms with Crippen molar-refractivity contribution in [3.8, 4) is 0 Å². The topological polar surface area (TPSA) is 84.0 Å². The first kappa shape index (κ1) is 32.1. The summed E-state index contributed by atoms with van der Waals surface area (Å²) in [7, 11) is 0. The lowest BCUT2D eigenvalue weighted by Gasteiger charge is -2.28. The van der Waals surface area contributed by atoms with E-state index in [1.165, 1.54) is 37.5 Å². The number of esters is 2. The number of unbranched alkanes of at least 4 members (excludes halogenated alkanes) is 1. The lowest BCUT2D eigenvalue weighted by atomic mass is 9.90. The molecule has 1 aromatic rings. The molecule has 1 saturated carbocycles. The molecule has 1 aliphatic heterocycles. The summed E-state index contributed by atoms with van der Waals surface area (Å²) in [6.07, 6.45) is 15.0. The van der Waals surface area contributed by atoms with Gasteiger partial charge < -0.3 is 18.9 Å². The van der Waals surface area contributed by atoms with E-state index in [-0.39, 0.29) is 36.4 Å². The molecular weight excluding hydrogens is 534 g/mol. The quantitative estimate of drug-likeness (QED) is 0.113. The Hall–Kier alpha value is -1.42. The van der Waals surface area contributed by atoms with E-state index < -0.39 is 0 Å². The number of nitrogens with zero attached hydrogens (tertiary/aromatic N) is 1. The van der Waals surface area contributed by atoms with E-state index in [0.717, 1.165) is 61.6 Å². The summed E-state index contributed by atoms with van der Waals surface area (Å²) in [4.78, 5) is 28.2. The van der Waals surface area contributed by atoms with Crippen LogP contribution in [0, 0.1) is 17.8 Å². The Kier molecular flexibility index (Phi) is 14.3. The fourth-order valence-corrected chi connectivity index (χ4v) is 7.40. The smallest absolute Gasteiger partial charge is 0.357 e.